The van der Waals surface area contributed by atoms with Gasteiger partial charge in [-0.15, -0.1) is 16.4 Å². The molecule has 2 aromatic rings. The Balaban J connectivity index is 1.53. The molecule has 0 spiro atoms. The fraction of sp³-hybridized carbons (Fsp3) is 0.0588. The SMILES string of the molecule is N=C1C(=Cc2cccs2)C(=O)N=C2SC(SCc3ccccc3)=NN12. The minimum absolute atomic E-state index is 0.0752. The van der Waals surface area contributed by atoms with Crippen LogP contribution in [0.15, 0.2) is 63.5 Å². The van der Waals surface area contributed by atoms with Crippen molar-refractivity contribution in [3.8, 4) is 0 Å². The minimum Gasteiger partial charge on any atom is -0.282 e. The van der Waals surface area contributed by atoms with Crippen LogP contribution < -0.4 is 0 Å². The van der Waals surface area contributed by atoms with E-state index in [2.05, 4.69) is 22.2 Å². The van der Waals surface area contributed by atoms with E-state index in [1.807, 2.05) is 35.7 Å². The van der Waals surface area contributed by atoms with E-state index in [0.717, 1.165) is 15.0 Å². The Bertz CT molecular complexity index is 917. The molecule has 0 aliphatic carbocycles. The molecule has 0 saturated carbocycles. The van der Waals surface area contributed by atoms with Crippen molar-refractivity contribution in [3.63, 3.8) is 0 Å². The standard InChI is InChI=1S/C17H12N4OS3/c18-14-13(9-12-7-4-8-23-12)15(22)19-16-21(14)20-17(25-16)24-10-11-5-2-1-3-6-11/h1-9,18H,10H2. The summed E-state index contributed by atoms with van der Waals surface area (Å²) in [6.07, 6.45) is 1.70. The molecule has 0 saturated heterocycles. The zero-order valence-corrected chi connectivity index (χ0v) is 15.3. The van der Waals surface area contributed by atoms with Crippen molar-refractivity contribution in [3.05, 3.63) is 63.9 Å². The van der Waals surface area contributed by atoms with Gasteiger partial charge in [0.25, 0.3) is 5.91 Å². The number of amidine groups is 2. The first kappa shape index (κ1) is 16.3. The summed E-state index contributed by atoms with van der Waals surface area (Å²) in [7, 11) is 0. The number of hydrazone groups is 1. The zero-order valence-electron chi connectivity index (χ0n) is 12.9. The Morgan fingerprint density at radius 3 is 2.80 bits per heavy atom. The molecule has 0 bridgehead atoms. The van der Waals surface area contributed by atoms with Gasteiger partial charge in [0.2, 0.25) is 5.17 Å². The van der Waals surface area contributed by atoms with E-state index >= 15 is 0 Å². The van der Waals surface area contributed by atoms with Crippen molar-refractivity contribution >= 4 is 62.2 Å². The van der Waals surface area contributed by atoms with Crippen LogP contribution in [-0.2, 0) is 10.5 Å². The van der Waals surface area contributed by atoms with Crippen molar-refractivity contribution in [2.75, 3.05) is 0 Å². The lowest BCUT2D eigenvalue weighted by atomic mass is 10.2. The third-order valence-electron chi connectivity index (χ3n) is 3.47. The third kappa shape index (κ3) is 3.46. The maximum Gasteiger partial charge on any atom is 0.283 e. The fourth-order valence-corrected chi connectivity index (χ4v) is 4.81. The van der Waals surface area contributed by atoms with Gasteiger partial charge in [0, 0.05) is 10.6 Å². The van der Waals surface area contributed by atoms with Crippen LogP contribution >= 0.6 is 34.9 Å². The lowest BCUT2D eigenvalue weighted by Crippen LogP contribution is -2.35. The molecular formula is C17H12N4OS3. The highest BCUT2D eigenvalue weighted by Crippen LogP contribution is 2.33. The van der Waals surface area contributed by atoms with Crippen molar-refractivity contribution in [1.29, 1.82) is 5.41 Å². The second kappa shape index (κ2) is 6.99. The number of fused-ring (bicyclic) bond motifs is 1. The van der Waals surface area contributed by atoms with Crippen LogP contribution in [0.2, 0.25) is 0 Å². The Kier molecular flexibility index (Phi) is 4.56. The molecule has 1 aromatic heterocycles. The van der Waals surface area contributed by atoms with Crippen LogP contribution in [0.4, 0.5) is 0 Å². The molecule has 0 atom stereocenters. The molecular weight excluding hydrogens is 372 g/mol. The zero-order chi connectivity index (χ0) is 17.2. The van der Waals surface area contributed by atoms with E-state index in [0.29, 0.717) is 5.17 Å². The number of hydrogen-bond acceptors (Lipinski definition) is 6. The topological polar surface area (TPSA) is 68.9 Å². The normalized spacial score (nSPS) is 18.4. The van der Waals surface area contributed by atoms with Crippen LogP contribution in [0.1, 0.15) is 10.4 Å². The van der Waals surface area contributed by atoms with Gasteiger partial charge in [-0.2, -0.15) is 10.0 Å². The van der Waals surface area contributed by atoms with E-state index in [1.165, 1.54) is 33.7 Å². The third-order valence-corrected chi connectivity index (χ3v) is 6.40. The summed E-state index contributed by atoms with van der Waals surface area (Å²) in [6.45, 7) is 0. The van der Waals surface area contributed by atoms with Gasteiger partial charge >= 0.3 is 0 Å². The van der Waals surface area contributed by atoms with E-state index < -0.39 is 0 Å². The second-order valence-electron chi connectivity index (χ2n) is 5.18. The van der Waals surface area contributed by atoms with Crippen LogP contribution in [0.3, 0.4) is 0 Å². The molecule has 2 aliphatic heterocycles. The summed E-state index contributed by atoms with van der Waals surface area (Å²) in [5.74, 6) is 0.473. The molecule has 0 unspecified atom stereocenters. The molecule has 0 fully saturated rings. The Hall–Kier alpha value is -2.16. The molecule has 25 heavy (non-hydrogen) atoms. The monoisotopic (exact) mass is 384 g/mol. The number of carbonyl (C=O) groups is 1. The predicted molar refractivity (Wildman–Crippen MR) is 107 cm³/mol. The van der Waals surface area contributed by atoms with Gasteiger partial charge in [-0.25, -0.2) is 0 Å². The van der Waals surface area contributed by atoms with E-state index in [9.17, 15) is 4.79 Å². The van der Waals surface area contributed by atoms with E-state index in [1.54, 1.807) is 17.8 Å². The maximum atomic E-state index is 12.3. The van der Waals surface area contributed by atoms with Crippen molar-refractivity contribution in [2.45, 2.75) is 5.75 Å². The summed E-state index contributed by atoms with van der Waals surface area (Å²) in [5, 5.41) is 16.6. The molecule has 124 valence electrons. The number of carbonyl (C=O) groups excluding carboxylic acids is 1. The van der Waals surface area contributed by atoms with Crippen molar-refractivity contribution in [1.82, 2.24) is 5.01 Å². The Morgan fingerprint density at radius 1 is 1.20 bits per heavy atom. The molecule has 1 aromatic carbocycles. The average molecular weight is 385 g/mol. The average Bonchev–Trinajstić information content (AvgIpc) is 3.27. The summed E-state index contributed by atoms with van der Waals surface area (Å²) < 4.78 is 0.789. The lowest BCUT2D eigenvalue weighted by molar-refractivity contribution is -0.114. The molecule has 1 N–H and O–H groups in total. The van der Waals surface area contributed by atoms with Crippen molar-refractivity contribution in [2.24, 2.45) is 10.1 Å². The largest absolute Gasteiger partial charge is 0.283 e. The summed E-state index contributed by atoms with van der Waals surface area (Å²) in [4.78, 5) is 17.3. The molecule has 0 radical (unpaired) electrons. The highest BCUT2D eigenvalue weighted by atomic mass is 32.2. The number of thiophene rings is 1. The number of rotatable bonds is 3. The molecule has 5 nitrogen and oxygen atoms in total. The van der Waals surface area contributed by atoms with Crippen LogP contribution in [0.5, 0.6) is 0 Å². The molecule has 4 rings (SSSR count). The van der Waals surface area contributed by atoms with Crippen LogP contribution in [0, 0.1) is 5.41 Å². The molecule has 3 heterocycles. The van der Waals surface area contributed by atoms with E-state index in [-0.39, 0.29) is 17.3 Å². The first-order chi connectivity index (χ1) is 12.2. The first-order valence-electron chi connectivity index (χ1n) is 7.41. The summed E-state index contributed by atoms with van der Waals surface area (Å²) >= 11 is 4.43. The van der Waals surface area contributed by atoms with Gasteiger partial charge in [-0.1, -0.05) is 48.2 Å². The smallest absolute Gasteiger partial charge is 0.282 e. The molecule has 1 amide bonds. The van der Waals surface area contributed by atoms with Crippen LogP contribution in [-0.4, -0.2) is 26.3 Å². The number of hydrogen-bond donors (Lipinski definition) is 1. The lowest BCUT2D eigenvalue weighted by Gasteiger charge is -2.19. The summed E-state index contributed by atoms with van der Waals surface area (Å²) in [6, 6.07) is 13.9. The van der Waals surface area contributed by atoms with E-state index in [4.69, 9.17) is 5.41 Å². The van der Waals surface area contributed by atoms with Crippen LogP contribution in [0.25, 0.3) is 6.08 Å². The van der Waals surface area contributed by atoms with Gasteiger partial charge in [-0.3, -0.25) is 10.2 Å². The quantitative estimate of drug-likeness (QED) is 0.803. The number of thioether (sulfide) groups is 2. The second-order valence-corrected chi connectivity index (χ2v) is 8.33. The number of nitrogens with zero attached hydrogens (tertiary/aromatic N) is 3. The fourth-order valence-electron chi connectivity index (χ4n) is 2.27. The van der Waals surface area contributed by atoms with Gasteiger partial charge in [0.1, 0.15) is 0 Å². The predicted octanol–water partition coefficient (Wildman–Crippen LogP) is 4.26. The highest BCUT2D eigenvalue weighted by Gasteiger charge is 2.35. The first-order valence-corrected chi connectivity index (χ1v) is 10.1. The van der Waals surface area contributed by atoms with Gasteiger partial charge < -0.3 is 0 Å². The summed E-state index contributed by atoms with van der Waals surface area (Å²) in [5.41, 5.74) is 1.47. The number of amides is 1. The van der Waals surface area contributed by atoms with Gasteiger partial charge in [0.05, 0.1) is 5.57 Å². The molecule has 8 heteroatoms. The highest BCUT2D eigenvalue weighted by molar-refractivity contribution is 8.45. The Labute approximate surface area is 157 Å². The van der Waals surface area contributed by atoms with Crippen molar-refractivity contribution < 1.29 is 4.79 Å². The minimum atomic E-state index is -0.387. The Morgan fingerprint density at radius 2 is 2.04 bits per heavy atom. The molecule has 2 aliphatic rings. The number of nitrogens with one attached hydrogen (secondary N) is 1. The van der Waals surface area contributed by atoms with Gasteiger partial charge in [-0.05, 0) is 34.8 Å². The van der Waals surface area contributed by atoms with Gasteiger partial charge in [0.15, 0.2) is 10.2 Å². The number of aliphatic imine (C=N–C) groups is 1. The maximum absolute atomic E-state index is 12.3. The number of benzene rings is 1.